The number of rotatable bonds is 4. The molecule has 1 aromatic carbocycles. The molecule has 10 heteroatoms. The average Bonchev–Trinajstić information content (AvgIpc) is 3.18. The first-order chi connectivity index (χ1) is 12.5. The van der Waals surface area contributed by atoms with Gasteiger partial charge in [0.2, 0.25) is 0 Å². The number of nitrogens with zero attached hydrogens (tertiary/aromatic N) is 4. The summed E-state index contributed by atoms with van der Waals surface area (Å²) in [5, 5.41) is 8.68. The molecule has 0 atom stereocenters. The van der Waals surface area contributed by atoms with Gasteiger partial charge in [0.25, 0.3) is 5.56 Å². The highest BCUT2D eigenvalue weighted by atomic mass is 35.5. The molecule has 0 spiro atoms. The van der Waals surface area contributed by atoms with Crippen LogP contribution in [0.3, 0.4) is 0 Å². The lowest BCUT2D eigenvalue weighted by molar-refractivity contribution is 0.571. The van der Waals surface area contributed by atoms with E-state index in [1.165, 1.54) is 17.5 Å². The Morgan fingerprint density at radius 3 is 2.92 bits per heavy atom. The molecule has 0 bridgehead atoms. The normalized spacial score (nSPS) is 11.2. The van der Waals surface area contributed by atoms with Crippen LogP contribution in [0.4, 0.5) is 14.5 Å². The molecule has 132 valence electrons. The highest BCUT2D eigenvalue weighted by Crippen LogP contribution is 2.19. The lowest BCUT2D eigenvalue weighted by atomic mass is 10.3. The van der Waals surface area contributed by atoms with Gasteiger partial charge in [0.05, 0.1) is 24.1 Å². The summed E-state index contributed by atoms with van der Waals surface area (Å²) in [7, 11) is 0. The molecule has 0 aliphatic carbocycles. The van der Waals surface area contributed by atoms with Gasteiger partial charge in [0.15, 0.2) is 10.8 Å². The van der Waals surface area contributed by atoms with Crippen molar-refractivity contribution < 1.29 is 8.78 Å². The summed E-state index contributed by atoms with van der Waals surface area (Å²) in [6.45, 7) is 0.337. The molecule has 0 amide bonds. The Kier molecular flexibility index (Phi) is 4.17. The van der Waals surface area contributed by atoms with Crippen LogP contribution in [-0.2, 0) is 6.54 Å². The number of hydrogen-bond acceptors (Lipinski definition) is 5. The summed E-state index contributed by atoms with van der Waals surface area (Å²) in [6, 6.07) is 2.84. The second kappa shape index (κ2) is 6.50. The Labute approximate surface area is 154 Å². The molecule has 0 radical (unpaired) electrons. The third-order valence-corrected chi connectivity index (χ3v) is 4.80. The van der Waals surface area contributed by atoms with Crippen LogP contribution in [0.25, 0.3) is 10.6 Å². The lowest BCUT2D eigenvalue weighted by Crippen LogP contribution is -2.23. The maximum absolute atomic E-state index is 13.9. The van der Waals surface area contributed by atoms with E-state index >= 15 is 0 Å². The second-order valence-electron chi connectivity index (χ2n) is 5.36. The minimum Gasteiger partial charge on any atom is -0.377 e. The molecule has 0 aliphatic heterocycles. The van der Waals surface area contributed by atoms with Crippen LogP contribution in [0.5, 0.6) is 0 Å². The zero-order valence-corrected chi connectivity index (χ0v) is 14.6. The van der Waals surface area contributed by atoms with Gasteiger partial charge < -0.3 is 5.32 Å². The molecule has 3 aromatic heterocycles. The van der Waals surface area contributed by atoms with Crippen LogP contribution in [0.15, 0.2) is 47.0 Å². The number of hydrogen-bond donors (Lipinski definition) is 1. The number of fused-ring (bicyclic) bond motifs is 1. The highest BCUT2D eigenvalue weighted by molar-refractivity contribution is 7.15. The maximum Gasteiger partial charge on any atom is 0.292 e. The summed E-state index contributed by atoms with van der Waals surface area (Å²) < 4.78 is 29.6. The minimum atomic E-state index is -0.908. The number of thiazole rings is 1. The van der Waals surface area contributed by atoms with Gasteiger partial charge in [-0.2, -0.15) is 9.78 Å². The fourth-order valence-corrected chi connectivity index (χ4v) is 3.34. The van der Waals surface area contributed by atoms with E-state index in [1.54, 1.807) is 0 Å². The SMILES string of the molecule is O=c1c(Cl)c(NCc2cn3ccsc3n2)cnn1-c1ccc(F)cc1F. The van der Waals surface area contributed by atoms with Crippen molar-refractivity contribution >= 4 is 33.6 Å². The van der Waals surface area contributed by atoms with Gasteiger partial charge in [-0.1, -0.05) is 11.6 Å². The van der Waals surface area contributed by atoms with Crippen LogP contribution in [0, 0.1) is 11.6 Å². The van der Waals surface area contributed by atoms with Crippen molar-refractivity contribution in [1.29, 1.82) is 0 Å². The summed E-state index contributed by atoms with van der Waals surface area (Å²) in [5.74, 6) is -1.65. The standard InChI is InChI=1S/C16H10ClF2N5OS/c17-14-12(20-6-10-8-23-3-4-26-16(23)22-10)7-21-24(15(14)25)13-2-1-9(18)5-11(13)19/h1-5,7-8,20H,6H2. The lowest BCUT2D eigenvalue weighted by Gasteiger charge is -2.10. The number of imidazole rings is 1. The Morgan fingerprint density at radius 2 is 2.15 bits per heavy atom. The first-order valence-corrected chi connectivity index (χ1v) is 8.67. The molecule has 0 fully saturated rings. The van der Waals surface area contributed by atoms with E-state index in [0.29, 0.717) is 18.3 Å². The summed E-state index contributed by atoms with van der Waals surface area (Å²) in [4.78, 5) is 17.7. The summed E-state index contributed by atoms with van der Waals surface area (Å²) >= 11 is 7.61. The molecule has 1 N–H and O–H groups in total. The van der Waals surface area contributed by atoms with Gasteiger partial charge in [-0.15, -0.1) is 11.3 Å². The Bertz CT molecular complexity index is 1140. The third-order valence-electron chi connectivity index (χ3n) is 3.66. The highest BCUT2D eigenvalue weighted by Gasteiger charge is 2.14. The number of anilines is 1. The Hall–Kier alpha value is -2.78. The van der Waals surface area contributed by atoms with Crippen LogP contribution in [0.1, 0.15) is 5.69 Å². The van der Waals surface area contributed by atoms with E-state index in [-0.39, 0.29) is 10.7 Å². The predicted octanol–water partition coefficient (Wildman–Crippen LogP) is 3.49. The van der Waals surface area contributed by atoms with Crippen molar-refractivity contribution in [3.8, 4) is 5.69 Å². The molecule has 4 aromatic rings. The maximum atomic E-state index is 13.9. The van der Waals surface area contributed by atoms with Crippen molar-refractivity contribution in [3.05, 3.63) is 74.9 Å². The number of benzene rings is 1. The predicted molar refractivity (Wildman–Crippen MR) is 95.2 cm³/mol. The molecular formula is C16H10ClF2N5OS. The van der Waals surface area contributed by atoms with Crippen molar-refractivity contribution in [2.24, 2.45) is 0 Å². The van der Waals surface area contributed by atoms with E-state index in [9.17, 15) is 13.6 Å². The average molecular weight is 394 g/mol. The molecule has 0 saturated carbocycles. The number of aromatic nitrogens is 4. The molecule has 4 rings (SSSR count). The van der Waals surface area contributed by atoms with Gasteiger partial charge in [-0.05, 0) is 12.1 Å². The summed E-state index contributed by atoms with van der Waals surface area (Å²) in [5.41, 5.74) is 0.167. The van der Waals surface area contributed by atoms with Gasteiger partial charge in [0, 0.05) is 23.8 Å². The minimum absolute atomic E-state index is 0.148. The molecule has 26 heavy (non-hydrogen) atoms. The van der Waals surface area contributed by atoms with E-state index in [0.717, 1.165) is 27.5 Å². The van der Waals surface area contributed by atoms with Crippen LogP contribution < -0.4 is 10.9 Å². The van der Waals surface area contributed by atoms with E-state index < -0.39 is 17.2 Å². The van der Waals surface area contributed by atoms with E-state index in [2.05, 4.69) is 15.4 Å². The van der Waals surface area contributed by atoms with Gasteiger partial charge in [-0.25, -0.2) is 13.8 Å². The molecule has 0 aliphatic rings. The number of nitrogens with one attached hydrogen (secondary N) is 1. The third kappa shape index (κ3) is 2.95. The zero-order chi connectivity index (χ0) is 18.3. The topological polar surface area (TPSA) is 64.2 Å². The fraction of sp³-hybridized carbons (Fsp3) is 0.0625. The Balaban J connectivity index is 1.61. The molecule has 0 unspecified atom stereocenters. The largest absolute Gasteiger partial charge is 0.377 e. The quantitative estimate of drug-likeness (QED) is 0.576. The second-order valence-corrected chi connectivity index (χ2v) is 6.61. The van der Waals surface area contributed by atoms with E-state index in [4.69, 9.17) is 11.6 Å². The van der Waals surface area contributed by atoms with Crippen molar-refractivity contribution in [2.45, 2.75) is 6.54 Å². The monoisotopic (exact) mass is 393 g/mol. The number of halogens is 3. The summed E-state index contributed by atoms with van der Waals surface area (Å²) in [6.07, 6.45) is 5.06. The first-order valence-electron chi connectivity index (χ1n) is 7.41. The van der Waals surface area contributed by atoms with Gasteiger partial charge >= 0.3 is 0 Å². The van der Waals surface area contributed by atoms with Crippen molar-refractivity contribution in [3.63, 3.8) is 0 Å². The van der Waals surface area contributed by atoms with Crippen molar-refractivity contribution in [2.75, 3.05) is 5.32 Å². The van der Waals surface area contributed by atoms with Crippen LogP contribution in [-0.4, -0.2) is 19.2 Å². The van der Waals surface area contributed by atoms with Crippen LogP contribution >= 0.6 is 22.9 Å². The smallest absolute Gasteiger partial charge is 0.292 e. The molecule has 6 nitrogen and oxygen atoms in total. The van der Waals surface area contributed by atoms with Gasteiger partial charge in [-0.3, -0.25) is 9.20 Å². The molecular weight excluding hydrogens is 384 g/mol. The fourth-order valence-electron chi connectivity index (χ4n) is 2.43. The molecule has 0 saturated heterocycles. The van der Waals surface area contributed by atoms with Gasteiger partial charge in [0.1, 0.15) is 16.5 Å². The van der Waals surface area contributed by atoms with Crippen LogP contribution in [0.2, 0.25) is 5.02 Å². The first kappa shape index (κ1) is 16.7. The Morgan fingerprint density at radius 1 is 1.31 bits per heavy atom. The zero-order valence-electron chi connectivity index (χ0n) is 13.0. The van der Waals surface area contributed by atoms with E-state index in [1.807, 2.05) is 22.2 Å². The van der Waals surface area contributed by atoms with Crippen molar-refractivity contribution in [1.82, 2.24) is 19.2 Å². The molecule has 3 heterocycles.